The predicted molar refractivity (Wildman–Crippen MR) is 115 cm³/mol. The maximum absolute atomic E-state index is 12.0. The quantitative estimate of drug-likeness (QED) is 0.612. The van der Waals surface area contributed by atoms with E-state index in [4.69, 9.17) is 0 Å². The monoisotopic (exact) mass is 388 g/mol. The van der Waals surface area contributed by atoms with Gasteiger partial charge >= 0.3 is 0 Å². The topological polar surface area (TPSA) is 37.3 Å². The molecule has 0 aliphatic heterocycles. The molecular formula is C27H32O2. The molecule has 0 saturated heterocycles. The molecule has 152 valence electrons. The first-order valence-corrected chi connectivity index (χ1v) is 11.4. The average Bonchev–Trinajstić information content (AvgIpc) is 2.99. The van der Waals surface area contributed by atoms with Crippen molar-refractivity contribution in [3.05, 3.63) is 47.5 Å². The van der Waals surface area contributed by atoms with Crippen molar-refractivity contribution in [2.75, 3.05) is 0 Å². The van der Waals surface area contributed by atoms with Crippen molar-refractivity contribution in [3.8, 4) is 11.8 Å². The number of ketones is 1. The van der Waals surface area contributed by atoms with Gasteiger partial charge in [0.15, 0.2) is 5.78 Å². The van der Waals surface area contributed by atoms with Crippen LogP contribution in [0.2, 0.25) is 0 Å². The third-order valence-electron chi connectivity index (χ3n) is 9.30. The van der Waals surface area contributed by atoms with Crippen molar-refractivity contribution < 1.29 is 9.90 Å². The van der Waals surface area contributed by atoms with E-state index in [1.807, 2.05) is 36.4 Å². The Hall–Kier alpha value is -1.85. The highest BCUT2D eigenvalue weighted by Gasteiger charge is 2.63. The molecule has 29 heavy (non-hydrogen) atoms. The molecule has 1 aromatic rings. The van der Waals surface area contributed by atoms with Gasteiger partial charge in [0.05, 0.1) is 0 Å². The first-order valence-electron chi connectivity index (χ1n) is 11.4. The van der Waals surface area contributed by atoms with Crippen LogP contribution in [0, 0.1) is 40.4 Å². The first-order chi connectivity index (χ1) is 13.9. The lowest BCUT2D eigenvalue weighted by molar-refractivity contribution is -0.119. The van der Waals surface area contributed by atoms with E-state index in [2.05, 4.69) is 25.7 Å². The molecule has 4 aliphatic rings. The summed E-state index contributed by atoms with van der Waals surface area (Å²) in [6, 6.07) is 10.0. The molecule has 0 amide bonds. The van der Waals surface area contributed by atoms with Gasteiger partial charge in [0.1, 0.15) is 5.60 Å². The summed E-state index contributed by atoms with van der Waals surface area (Å²) < 4.78 is 0. The highest BCUT2D eigenvalue weighted by atomic mass is 16.3. The normalized spacial score (nSPS) is 43.3. The minimum Gasteiger partial charge on any atom is -0.377 e. The lowest BCUT2D eigenvalue weighted by atomic mass is 9.46. The molecule has 0 heterocycles. The van der Waals surface area contributed by atoms with Gasteiger partial charge in [0.2, 0.25) is 0 Å². The Bertz CT molecular complexity index is 919. The van der Waals surface area contributed by atoms with Crippen LogP contribution in [0.25, 0.3) is 0 Å². The van der Waals surface area contributed by atoms with Crippen LogP contribution in [0.4, 0.5) is 0 Å². The zero-order valence-corrected chi connectivity index (χ0v) is 17.7. The van der Waals surface area contributed by atoms with Crippen LogP contribution >= 0.6 is 0 Å². The fourth-order valence-electron chi connectivity index (χ4n) is 7.48. The fraction of sp³-hybridized carbons (Fsp3) is 0.593. The van der Waals surface area contributed by atoms with Crippen LogP contribution < -0.4 is 0 Å². The number of rotatable bonds is 0. The lowest BCUT2D eigenvalue weighted by Gasteiger charge is -2.58. The van der Waals surface area contributed by atoms with Crippen LogP contribution in [-0.4, -0.2) is 16.5 Å². The molecule has 1 aromatic carbocycles. The van der Waals surface area contributed by atoms with Crippen molar-refractivity contribution >= 4 is 5.78 Å². The molecule has 0 bridgehead atoms. The summed E-state index contributed by atoms with van der Waals surface area (Å²) in [6.45, 7) is 4.72. The molecule has 1 N–H and O–H groups in total. The Kier molecular flexibility index (Phi) is 4.34. The molecule has 2 nitrogen and oxygen atoms in total. The standard InChI is InChI=1S/C27H32O2/c1-25-14-11-21(28)18-20(25)8-9-22-23(25)12-15-26(2)24(22)13-17-27(26,29)16-10-19-6-4-3-5-7-19/h3-7,18,22-24,29H,8-9,11-15,17H2,1-2H3/t22-,23+,24+,25-,26-,27-/m0/s1. The molecule has 3 saturated carbocycles. The molecule has 4 aliphatic carbocycles. The Morgan fingerprint density at radius 3 is 2.52 bits per heavy atom. The molecule has 5 rings (SSSR count). The average molecular weight is 389 g/mol. The molecule has 6 atom stereocenters. The van der Waals surface area contributed by atoms with Crippen LogP contribution in [-0.2, 0) is 4.79 Å². The van der Waals surface area contributed by atoms with E-state index in [0.29, 0.717) is 30.0 Å². The number of hydrogen-bond donors (Lipinski definition) is 1. The second-order valence-corrected chi connectivity index (χ2v) is 10.4. The van der Waals surface area contributed by atoms with Crippen LogP contribution in [0.5, 0.6) is 0 Å². The summed E-state index contributed by atoms with van der Waals surface area (Å²) in [5.74, 6) is 8.76. The van der Waals surface area contributed by atoms with E-state index in [1.165, 1.54) is 12.0 Å². The maximum Gasteiger partial charge on any atom is 0.155 e. The number of aliphatic hydroxyl groups is 1. The molecular weight excluding hydrogens is 356 g/mol. The number of benzene rings is 1. The van der Waals surface area contributed by atoms with Gasteiger partial charge in [-0.3, -0.25) is 4.79 Å². The van der Waals surface area contributed by atoms with Crippen molar-refractivity contribution in [1.82, 2.24) is 0 Å². The summed E-state index contributed by atoms with van der Waals surface area (Å²) in [6.07, 6.45) is 9.97. The number of carbonyl (C=O) groups is 1. The van der Waals surface area contributed by atoms with Crippen LogP contribution in [0.3, 0.4) is 0 Å². The first kappa shape index (κ1) is 19.1. The van der Waals surface area contributed by atoms with E-state index >= 15 is 0 Å². The molecule has 3 fully saturated rings. The SMILES string of the molecule is C[C@]12CCC(=O)C=C1CC[C@H]1[C@H]2CC[C@@]2(C)[C@@H]1CC[C@@]2(O)C#Cc1ccccc1. The van der Waals surface area contributed by atoms with Crippen LogP contribution in [0.1, 0.15) is 70.8 Å². The Morgan fingerprint density at radius 2 is 1.72 bits per heavy atom. The smallest absolute Gasteiger partial charge is 0.155 e. The van der Waals surface area contributed by atoms with E-state index in [9.17, 15) is 9.90 Å². The summed E-state index contributed by atoms with van der Waals surface area (Å²) in [7, 11) is 0. The maximum atomic E-state index is 12.0. The molecule has 2 heteroatoms. The second kappa shape index (κ2) is 6.58. The number of carbonyl (C=O) groups excluding carboxylic acids is 1. The van der Waals surface area contributed by atoms with Gasteiger partial charge in [-0.15, -0.1) is 0 Å². The Morgan fingerprint density at radius 1 is 0.966 bits per heavy atom. The largest absolute Gasteiger partial charge is 0.377 e. The van der Waals surface area contributed by atoms with Crippen molar-refractivity contribution in [1.29, 1.82) is 0 Å². The van der Waals surface area contributed by atoms with E-state index in [1.54, 1.807) is 0 Å². The highest BCUT2D eigenvalue weighted by molar-refractivity contribution is 5.91. The third kappa shape index (κ3) is 2.77. The number of fused-ring (bicyclic) bond motifs is 5. The fourth-order valence-corrected chi connectivity index (χ4v) is 7.48. The summed E-state index contributed by atoms with van der Waals surface area (Å²) in [4.78, 5) is 12.0. The third-order valence-corrected chi connectivity index (χ3v) is 9.30. The lowest BCUT2D eigenvalue weighted by Crippen LogP contribution is -2.54. The molecule has 0 aromatic heterocycles. The predicted octanol–water partition coefficient (Wildman–Crippen LogP) is 5.30. The van der Waals surface area contributed by atoms with Gasteiger partial charge < -0.3 is 5.11 Å². The number of hydrogen-bond acceptors (Lipinski definition) is 2. The summed E-state index contributed by atoms with van der Waals surface area (Å²) in [5, 5.41) is 11.7. The van der Waals surface area contributed by atoms with Crippen molar-refractivity contribution in [2.24, 2.45) is 28.6 Å². The summed E-state index contributed by atoms with van der Waals surface area (Å²) >= 11 is 0. The molecule has 0 spiro atoms. The van der Waals surface area contributed by atoms with E-state index in [0.717, 1.165) is 44.1 Å². The molecule has 0 unspecified atom stereocenters. The van der Waals surface area contributed by atoms with Gasteiger partial charge in [-0.1, -0.05) is 49.5 Å². The Balaban J connectivity index is 1.45. The van der Waals surface area contributed by atoms with Gasteiger partial charge in [-0.05, 0) is 86.3 Å². The van der Waals surface area contributed by atoms with E-state index < -0.39 is 5.60 Å². The van der Waals surface area contributed by atoms with Crippen LogP contribution in [0.15, 0.2) is 42.0 Å². The van der Waals surface area contributed by atoms with Gasteiger partial charge in [0.25, 0.3) is 0 Å². The van der Waals surface area contributed by atoms with E-state index in [-0.39, 0.29) is 10.8 Å². The van der Waals surface area contributed by atoms with Gasteiger partial charge in [0, 0.05) is 17.4 Å². The summed E-state index contributed by atoms with van der Waals surface area (Å²) in [5.41, 5.74) is 1.56. The van der Waals surface area contributed by atoms with Crippen molar-refractivity contribution in [3.63, 3.8) is 0 Å². The minimum atomic E-state index is -0.891. The highest BCUT2D eigenvalue weighted by Crippen LogP contribution is 2.67. The zero-order chi connectivity index (χ0) is 20.3. The van der Waals surface area contributed by atoms with Crippen molar-refractivity contribution in [2.45, 2.75) is 70.8 Å². The Labute approximate surface area is 174 Å². The van der Waals surface area contributed by atoms with Gasteiger partial charge in [-0.2, -0.15) is 0 Å². The van der Waals surface area contributed by atoms with Gasteiger partial charge in [-0.25, -0.2) is 0 Å². The molecule has 0 radical (unpaired) electrons. The number of allylic oxidation sites excluding steroid dienone is 1. The minimum absolute atomic E-state index is 0.127. The zero-order valence-electron chi connectivity index (χ0n) is 17.7. The second-order valence-electron chi connectivity index (χ2n) is 10.4.